The Hall–Kier alpha value is -1.49. The minimum Gasteiger partial charge on any atom is -0.329 e. The lowest BCUT2D eigenvalue weighted by molar-refractivity contribution is 0.241. The van der Waals surface area contributed by atoms with Crippen LogP contribution in [-0.4, -0.2) is 18.5 Å². The maximum Gasteiger partial charge on any atom is 0.142 e. The monoisotopic (exact) mass is 310 g/mol. The van der Waals surface area contributed by atoms with Gasteiger partial charge in [0.15, 0.2) is 0 Å². The van der Waals surface area contributed by atoms with Crippen molar-refractivity contribution in [3.63, 3.8) is 0 Å². The predicted octanol–water partition coefficient (Wildman–Crippen LogP) is 3.75. The number of hydrogen-bond acceptors (Lipinski definition) is 2. The van der Waals surface area contributed by atoms with Crippen molar-refractivity contribution in [2.45, 2.75) is 12.6 Å². The van der Waals surface area contributed by atoms with Crippen LogP contribution in [0.1, 0.15) is 17.2 Å². The highest BCUT2D eigenvalue weighted by atomic mass is 35.5. The molecule has 2 rings (SSSR count). The number of rotatable bonds is 5. The molecule has 0 bridgehead atoms. The van der Waals surface area contributed by atoms with Gasteiger partial charge in [0, 0.05) is 19.1 Å². The number of nitrogens with two attached hydrogens (primary N) is 1. The molecule has 0 aromatic heterocycles. The van der Waals surface area contributed by atoms with E-state index in [1.165, 1.54) is 24.3 Å². The minimum atomic E-state index is -0.466. The first-order chi connectivity index (χ1) is 10.0. The van der Waals surface area contributed by atoms with Gasteiger partial charge in [-0.2, -0.15) is 0 Å². The van der Waals surface area contributed by atoms with Gasteiger partial charge in [-0.25, -0.2) is 8.78 Å². The van der Waals surface area contributed by atoms with E-state index in [2.05, 4.69) is 0 Å². The number of halogens is 3. The fraction of sp³-hybridized carbons (Fsp3) is 0.250. The van der Waals surface area contributed by atoms with Gasteiger partial charge in [0.1, 0.15) is 11.6 Å². The van der Waals surface area contributed by atoms with Gasteiger partial charge in [0.2, 0.25) is 0 Å². The molecular formula is C16H17ClF2N2. The molecule has 112 valence electrons. The SMILES string of the molecule is CN(Cc1cccc(F)c1)C(CN)c1ccc(Cl)c(F)c1. The third kappa shape index (κ3) is 4.00. The van der Waals surface area contributed by atoms with Crippen LogP contribution in [0.15, 0.2) is 42.5 Å². The molecule has 1 atom stereocenters. The Bertz CT molecular complexity index is 619. The number of benzene rings is 2. The normalized spacial score (nSPS) is 12.7. The summed E-state index contributed by atoms with van der Waals surface area (Å²) in [7, 11) is 1.87. The molecule has 2 nitrogen and oxygen atoms in total. The first-order valence-electron chi connectivity index (χ1n) is 6.61. The summed E-state index contributed by atoms with van der Waals surface area (Å²) in [5.74, 6) is -0.741. The van der Waals surface area contributed by atoms with Crippen LogP contribution in [0.5, 0.6) is 0 Å². The van der Waals surface area contributed by atoms with Gasteiger partial charge in [-0.05, 0) is 42.4 Å². The van der Waals surface area contributed by atoms with Crippen molar-refractivity contribution in [3.05, 3.63) is 70.2 Å². The summed E-state index contributed by atoms with van der Waals surface area (Å²) in [6.45, 7) is 0.844. The van der Waals surface area contributed by atoms with Gasteiger partial charge in [-0.3, -0.25) is 4.90 Å². The molecule has 0 spiro atoms. The van der Waals surface area contributed by atoms with Crippen molar-refractivity contribution >= 4 is 11.6 Å². The molecule has 0 aliphatic heterocycles. The molecular weight excluding hydrogens is 294 g/mol. The number of hydrogen-bond donors (Lipinski definition) is 1. The average Bonchev–Trinajstić information content (AvgIpc) is 2.43. The number of likely N-dealkylation sites (N-methyl/N-ethyl adjacent to an activating group) is 1. The van der Waals surface area contributed by atoms with E-state index in [4.69, 9.17) is 17.3 Å². The zero-order valence-corrected chi connectivity index (χ0v) is 12.4. The molecule has 0 saturated carbocycles. The molecule has 0 radical (unpaired) electrons. The molecule has 0 aliphatic carbocycles. The van der Waals surface area contributed by atoms with E-state index in [9.17, 15) is 8.78 Å². The molecule has 5 heteroatoms. The third-order valence-electron chi connectivity index (χ3n) is 3.40. The smallest absolute Gasteiger partial charge is 0.142 e. The fourth-order valence-corrected chi connectivity index (χ4v) is 2.44. The Labute approximate surface area is 128 Å². The first kappa shape index (κ1) is 15.9. The van der Waals surface area contributed by atoms with Crippen LogP contribution in [0.2, 0.25) is 5.02 Å². The highest BCUT2D eigenvalue weighted by Gasteiger charge is 2.17. The van der Waals surface area contributed by atoms with E-state index >= 15 is 0 Å². The van der Waals surface area contributed by atoms with E-state index in [1.54, 1.807) is 12.1 Å². The van der Waals surface area contributed by atoms with E-state index in [1.807, 2.05) is 18.0 Å². The molecule has 0 fully saturated rings. The summed E-state index contributed by atoms with van der Waals surface area (Å²) < 4.78 is 26.8. The Balaban J connectivity index is 2.18. The molecule has 0 saturated heterocycles. The molecule has 2 N–H and O–H groups in total. The van der Waals surface area contributed by atoms with Crippen LogP contribution in [0.4, 0.5) is 8.78 Å². The standard InChI is InChI=1S/C16H17ClF2N2/c1-21(10-11-3-2-4-13(18)7-11)16(9-20)12-5-6-14(17)15(19)8-12/h2-8,16H,9-10,20H2,1H3. The van der Waals surface area contributed by atoms with Gasteiger partial charge in [0.25, 0.3) is 0 Å². The molecule has 0 amide bonds. The Morgan fingerprint density at radius 1 is 1.19 bits per heavy atom. The molecule has 21 heavy (non-hydrogen) atoms. The summed E-state index contributed by atoms with van der Waals surface area (Å²) in [5, 5.41) is 0.0855. The quantitative estimate of drug-likeness (QED) is 0.911. The number of nitrogens with zero attached hydrogens (tertiary/aromatic N) is 1. The topological polar surface area (TPSA) is 29.3 Å². The average molecular weight is 311 g/mol. The molecule has 0 heterocycles. The van der Waals surface area contributed by atoms with Crippen molar-refractivity contribution < 1.29 is 8.78 Å². The van der Waals surface area contributed by atoms with Crippen LogP contribution < -0.4 is 5.73 Å². The lowest BCUT2D eigenvalue weighted by Crippen LogP contribution is -2.30. The molecule has 0 aliphatic rings. The lowest BCUT2D eigenvalue weighted by atomic mass is 10.0. The van der Waals surface area contributed by atoms with Gasteiger partial charge in [-0.1, -0.05) is 29.8 Å². The van der Waals surface area contributed by atoms with Gasteiger partial charge < -0.3 is 5.73 Å². The van der Waals surface area contributed by atoms with Crippen LogP contribution in [0, 0.1) is 11.6 Å². The van der Waals surface area contributed by atoms with Gasteiger partial charge >= 0.3 is 0 Å². The third-order valence-corrected chi connectivity index (χ3v) is 3.71. The zero-order chi connectivity index (χ0) is 15.4. The Morgan fingerprint density at radius 2 is 1.95 bits per heavy atom. The first-order valence-corrected chi connectivity index (χ1v) is 6.98. The van der Waals surface area contributed by atoms with E-state index < -0.39 is 5.82 Å². The molecule has 2 aromatic rings. The highest BCUT2D eigenvalue weighted by Crippen LogP contribution is 2.24. The molecule has 1 unspecified atom stereocenters. The van der Waals surface area contributed by atoms with Gasteiger partial charge in [0.05, 0.1) is 5.02 Å². The van der Waals surface area contributed by atoms with E-state index in [-0.39, 0.29) is 16.9 Å². The van der Waals surface area contributed by atoms with Crippen LogP contribution in [0.25, 0.3) is 0 Å². The lowest BCUT2D eigenvalue weighted by Gasteiger charge is -2.27. The van der Waals surface area contributed by atoms with Crippen molar-refractivity contribution in [1.82, 2.24) is 4.90 Å². The second-order valence-corrected chi connectivity index (χ2v) is 5.38. The predicted molar refractivity (Wildman–Crippen MR) is 81.1 cm³/mol. The Kier molecular flexibility index (Phi) is 5.28. The fourth-order valence-electron chi connectivity index (χ4n) is 2.32. The largest absolute Gasteiger partial charge is 0.329 e. The zero-order valence-electron chi connectivity index (χ0n) is 11.7. The van der Waals surface area contributed by atoms with Crippen LogP contribution >= 0.6 is 11.6 Å². The van der Waals surface area contributed by atoms with Crippen molar-refractivity contribution in [3.8, 4) is 0 Å². The summed E-state index contributed by atoms with van der Waals surface area (Å²) in [5.41, 5.74) is 7.39. The van der Waals surface area contributed by atoms with E-state index in [0.717, 1.165) is 11.1 Å². The molecule has 2 aromatic carbocycles. The summed E-state index contributed by atoms with van der Waals surface area (Å²) >= 11 is 5.69. The summed E-state index contributed by atoms with van der Waals surface area (Å²) in [6.07, 6.45) is 0. The van der Waals surface area contributed by atoms with Crippen molar-refractivity contribution in [2.75, 3.05) is 13.6 Å². The summed E-state index contributed by atoms with van der Waals surface area (Å²) in [4.78, 5) is 1.96. The minimum absolute atomic E-state index is 0.0855. The van der Waals surface area contributed by atoms with Gasteiger partial charge in [-0.15, -0.1) is 0 Å². The maximum absolute atomic E-state index is 13.6. The van der Waals surface area contributed by atoms with Crippen LogP contribution in [-0.2, 0) is 6.54 Å². The van der Waals surface area contributed by atoms with Crippen molar-refractivity contribution in [2.24, 2.45) is 5.73 Å². The maximum atomic E-state index is 13.6. The summed E-state index contributed by atoms with van der Waals surface area (Å²) in [6, 6.07) is 10.9. The van der Waals surface area contributed by atoms with Crippen LogP contribution in [0.3, 0.4) is 0 Å². The second kappa shape index (κ2) is 6.98. The Morgan fingerprint density at radius 3 is 2.57 bits per heavy atom. The second-order valence-electron chi connectivity index (χ2n) is 4.97. The van der Waals surface area contributed by atoms with E-state index in [0.29, 0.717) is 13.1 Å². The van der Waals surface area contributed by atoms with Crippen molar-refractivity contribution in [1.29, 1.82) is 0 Å². The highest BCUT2D eigenvalue weighted by molar-refractivity contribution is 6.30.